The zero-order valence-electron chi connectivity index (χ0n) is 17.8. The lowest BCUT2D eigenvalue weighted by molar-refractivity contribution is -0.126. The third kappa shape index (κ3) is 3.10. The average Bonchev–Trinajstić information content (AvgIpc) is 3.37. The van der Waals surface area contributed by atoms with Crippen LogP contribution in [-0.4, -0.2) is 17.9 Å². The normalized spacial score (nSPS) is 22.0. The molecule has 2 aliphatic heterocycles. The van der Waals surface area contributed by atoms with E-state index in [1.54, 1.807) is 5.06 Å². The first-order chi connectivity index (χ1) is 16.5. The molecule has 2 heterocycles. The molecule has 2 saturated heterocycles. The van der Waals surface area contributed by atoms with Gasteiger partial charge in [-0.15, -0.1) is 0 Å². The van der Waals surface area contributed by atoms with Crippen molar-refractivity contribution in [3.63, 3.8) is 0 Å². The standard InChI is InChI=1S/C27H18ClFN2O3/c28-21-14-13-18(15-22(21)29)30-26(32)23-24(20-12-6-8-16-7-4-5-11-19(16)20)31(34-25(23)27(30)33)17-9-2-1-3-10-17/h1-15,23-25H/t23-,24-,25+/m0/s1. The van der Waals surface area contributed by atoms with Gasteiger partial charge in [0.2, 0.25) is 5.91 Å². The maximum absolute atomic E-state index is 14.2. The molecule has 0 spiro atoms. The first-order valence-electron chi connectivity index (χ1n) is 10.9. The molecule has 2 amide bonds. The number of nitrogens with zero attached hydrogens (tertiary/aromatic N) is 2. The van der Waals surface area contributed by atoms with Crippen molar-refractivity contribution < 1.29 is 18.8 Å². The minimum absolute atomic E-state index is 0.0804. The van der Waals surface area contributed by atoms with Gasteiger partial charge in [0.05, 0.1) is 22.4 Å². The van der Waals surface area contributed by atoms with E-state index in [2.05, 4.69) is 0 Å². The molecule has 4 aromatic rings. The Morgan fingerprint density at radius 2 is 1.53 bits per heavy atom. The minimum atomic E-state index is -1.03. The van der Waals surface area contributed by atoms with Crippen molar-refractivity contribution in [1.29, 1.82) is 0 Å². The Hall–Kier alpha value is -3.74. The van der Waals surface area contributed by atoms with Gasteiger partial charge in [-0.25, -0.2) is 14.4 Å². The molecule has 0 radical (unpaired) electrons. The molecule has 0 bridgehead atoms. The molecule has 3 atom stereocenters. The molecule has 4 aromatic carbocycles. The highest BCUT2D eigenvalue weighted by atomic mass is 35.5. The second-order valence-electron chi connectivity index (χ2n) is 8.34. The summed E-state index contributed by atoms with van der Waals surface area (Å²) in [5.74, 6) is -2.47. The number of hydrogen-bond acceptors (Lipinski definition) is 4. The third-order valence-electron chi connectivity index (χ3n) is 6.43. The van der Waals surface area contributed by atoms with E-state index in [1.807, 2.05) is 72.8 Å². The van der Waals surface area contributed by atoms with Crippen molar-refractivity contribution >= 4 is 45.6 Å². The van der Waals surface area contributed by atoms with Crippen LogP contribution in [0.1, 0.15) is 11.6 Å². The second-order valence-corrected chi connectivity index (χ2v) is 8.74. The fraction of sp³-hybridized carbons (Fsp3) is 0.111. The molecule has 6 rings (SSSR count). The summed E-state index contributed by atoms with van der Waals surface area (Å²) in [6.07, 6.45) is -1.03. The summed E-state index contributed by atoms with van der Waals surface area (Å²) >= 11 is 5.81. The van der Waals surface area contributed by atoms with Crippen LogP contribution in [0, 0.1) is 11.7 Å². The second kappa shape index (κ2) is 7.94. The predicted octanol–water partition coefficient (Wildman–Crippen LogP) is 5.68. The van der Waals surface area contributed by atoms with E-state index in [-0.39, 0.29) is 10.7 Å². The summed E-state index contributed by atoms with van der Waals surface area (Å²) in [7, 11) is 0. The molecular weight excluding hydrogens is 455 g/mol. The minimum Gasteiger partial charge on any atom is -0.273 e. The molecule has 2 fully saturated rings. The summed E-state index contributed by atoms with van der Waals surface area (Å²) < 4.78 is 14.2. The highest BCUT2D eigenvalue weighted by Crippen LogP contribution is 2.49. The van der Waals surface area contributed by atoms with Crippen molar-refractivity contribution in [2.75, 3.05) is 9.96 Å². The van der Waals surface area contributed by atoms with Gasteiger partial charge in [0.15, 0.2) is 6.10 Å². The highest BCUT2D eigenvalue weighted by molar-refractivity contribution is 6.31. The van der Waals surface area contributed by atoms with Crippen LogP contribution < -0.4 is 9.96 Å². The molecule has 0 aliphatic carbocycles. The van der Waals surface area contributed by atoms with Gasteiger partial charge in [-0.3, -0.25) is 14.4 Å². The number of amides is 2. The van der Waals surface area contributed by atoms with Crippen molar-refractivity contribution in [3.05, 3.63) is 107 Å². The van der Waals surface area contributed by atoms with E-state index in [4.69, 9.17) is 16.4 Å². The average molecular weight is 473 g/mol. The molecule has 168 valence electrons. The van der Waals surface area contributed by atoms with Crippen LogP contribution in [0.3, 0.4) is 0 Å². The molecule has 34 heavy (non-hydrogen) atoms. The van der Waals surface area contributed by atoms with E-state index in [1.165, 1.54) is 12.1 Å². The summed E-state index contributed by atoms with van der Waals surface area (Å²) in [5.41, 5.74) is 1.75. The van der Waals surface area contributed by atoms with Crippen LogP contribution in [0.25, 0.3) is 10.8 Å². The van der Waals surface area contributed by atoms with Crippen molar-refractivity contribution in [3.8, 4) is 0 Å². The Morgan fingerprint density at radius 3 is 2.32 bits per heavy atom. The molecular formula is C27H18ClFN2O3. The first-order valence-corrected chi connectivity index (χ1v) is 11.2. The number of imide groups is 1. The van der Waals surface area contributed by atoms with E-state index in [0.29, 0.717) is 0 Å². The first kappa shape index (κ1) is 20.8. The number of halogens is 2. The van der Waals surface area contributed by atoms with Crippen LogP contribution in [0.5, 0.6) is 0 Å². The molecule has 0 unspecified atom stereocenters. The quantitative estimate of drug-likeness (QED) is 0.360. The van der Waals surface area contributed by atoms with Gasteiger partial charge in [0, 0.05) is 0 Å². The van der Waals surface area contributed by atoms with Gasteiger partial charge in [0.1, 0.15) is 11.7 Å². The number of hydroxylamine groups is 1. The number of carbonyl (C=O) groups is 2. The molecule has 5 nitrogen and oxygen atoms in total. The number of carbonyl (C=O) groups excluding carboxylic acids is 2. The fourth-order valence-corrected chi connectivity index (χ4v) is 5.03. The lowest BCUT2D eigenvalue weighted by Crippen LogP contribution is -2.37. The highest BCUT2D eigenvalue weighted by Gasteiger charge is 2.60. The van der Waals surface area contributed by atoms with Crippen LogP contribution in [-0.2, 0) is 14.4 Å². The van der Waals surface area contributed by atoms with Crippen molar-refractivity contribution in [2.24, 2.45) is 5.92 Å². The van der Waals surface area contributed by atoms with Gasteiger partial charge in [-0.2, -0.15) is 0 Å². The Kier molecular flexibility index (Phi) is 4.86. The van der Waals surface area contributed by atoms with Gasteiger partial charge in [-0.05, 0) is 46.7 Å². The lowest BCUT2D eigenvalue weighted by Gasteiger charge is -2.29. The van der Waals surface area contributed by atoms with Gasteiger partial charge in [0.25, 0.3) is 5.91 Å². The molecule has 7 heteroatoms. The molecule has 0 aromatic heterocycles. The van der Waals surface area contributed by atoms with Gasteiger partial charge in [-0.1, -0.05) is 72.3 Å². The molecule has 0 saturated carbocycles. The number of anilines is 2. The summed E-state index contributed by atoms with van der Waals surface area (Å²) in [5, 5.41) is 3.57. The Labute approximate surface area is 199 Å². The number of hydrogen-bond donors (Lipinski definition) is 0. The predicted molar refractivity (Wildman–Crippen MR) is 128 cm³/mol. The smallest absolute Gasteiger partial charge is 0.266 e. The lowest BCUT2D eigenvalue weighted by atomic mass is 9.87. The summed E-state index contributed by atoms with van der Waals surface area (Å²) in [6, 6.07) is 26.5. The SMILES string of the molecule is O=C1[C@@H]2[C@@H](ON(c3ccccc3)[C@H]2c2cccc3ccccc23)C(=O)N1c1ccc(Cl)c(F)c1. The number of rotatable bonds is 3. The zero-order chi connectivity index (χ0) is 23.4. The van der Waals surface area contributed by atoms with E-state index >= 15 is 0 Å². The van der Waals surface area contributed by atoms with Crippen LogP contribution in [0.4, 0.5) is 15.8 Å². The maximum atomic E-state index is 14.2. The number of para-hydroxylation sites is 1. The topological polar surface area (TPSA) is 49.9 Å². The number of fused-ring (bicyclic) bond motifs is 2. The molecule has 0 N–H and O–H groups in total. The van der Waals surface area contributed by atoms with Gasteiger partial charge < -0.3 is 0 Å². The number of benzene rings is 4. The third-order valence-corrected chi connectivity index (χ3v) is 6.74. The van der Waals surface area contributed by atoms with E-state index in [9.17, 15) is 14.0 Å². The Balaban J connectivity index is 1.50. The van der Waals surface area contributed by atoms with Crippen LogP contribution >= 0.6 is 11.6 Å². The van der Waals surface area contributed by atoms with Crippen LogP contribution in [0.2, 0.25) is 5.02 Å². The zero-order valence-corrected chi connectivity index (χ0v) is 18.5. The maximum Gasteiger partial charge on any atom is 0.266 e. The van der Waals surface area contributed by atoms with Crippen LogP contribution in [0.15, 0.2) is 91.0 Å². The largest absolute Gasteiger partial charge is 0.273 e. The van der Waals surface area contributed by atoms with Crippen molar-refractivity contribution in [2.45, 2.75) is 12.1 Å². The summed E-state index contributed by atoms with van der Waals surface area (Å²) in [4.78, 5) is 34.3. The van der Waals surface area contributed by atoms with Crippen molar-refractivity contribution in [1.82, 2.24) is 0 Å². The van der Waals surface area contributed by atoms with Gasteiger partial charge >= 0.3 is 0 Å². The fourth-order valence-electron chi connectivity index (χ4n) is 4.92. The molecule has 2 aliphatic rings. The van der Waals surface area contributed by atoms with E-state index < -0.39 is 35.7 Å². The Bertz CT molecular complexity index is 1440. The monoisotopic (exact) mass is 472 g/mol. The Morgan fingerprint density at radius 1 is 0.794 bits per heavy atom. The summed E-state index contributed by atoms with van der Waals surface area (Å²) in [6.45, 7) is 0. The van der Waals surface area contributed by atoms with E-state index in [0.717, 1.165) is 33.0 Å².